The molecule has 0 radical (unpaired) electrons. The van der Waals surface area contributed by atoms with Gasteiger partial charge in [-0.1, -0.05) is 11.6 Å². The maximum atomic E-state index is 13.3. The van der Waals surface area contributed by atoms with E-state index in [-0.39, 0.29) is 5.82 Å². The Morgan fingerprint density at radius 2 is 2.00 bits per heavy atom. The van der Waals surface area contributed by atoms with Crippen LogP contribution < -0.4 is 5.73 Å². The van der Waals surface area contributed by atoms with E-state index in [0.29, 0.717) is 32.3 Å². The molecule has 8 heteroatoms. The number of halogens is 3. The second-order valence-corrected chi connectivity index (χ2v) is 5.51. The Balaban J connectivity index is 2.12. The lowest BCUT2D eigenvalue weighted by molar-refractivity contribution is 0.620. The van der Waals surface area contributed by atoms with Gasteiger partial charge in [0.25, 0.3) is 0 Å². The summed E-state index contributed by atoms with van der Waals surface area (Å²) in [5, 5.41) is 12.0. The van der Waals surface area contributed by atoms with Gasteiger partial charge in [-0.05, 0) is 62.8 Å². The van der Waals surface area contributed by atoms with E-state index in [2.05, 4.69) is 31.5 Å². The fraction of sp³-hybridized carbons (Fsp3) is 0. The largest absolute Gasteiger partial charge is 0.398 e. The van der Waals surface area contributed by atoms with Crippen molar-refractivity contribution < 1.29 is 4.39 Å². The lowest BCUT2D eigenvalue weighted by atomic mass is 10.2. The highest BCUT2D eigenvalue weighted by Crippen LogP contribution is 2.27. The molecule has 0 amide bonds. The molecule has 21 heavy (non-hydrogen) atoms. The number of anilines is 1. The molecule has 1 aromatic heterocycles. The number of benzene rings is 2. The third-order valence-electron chi connectivity index (χ3n) is 2.88. The number of rotatable bonds is 2. The normalized spacial score (nSPS) is 10.8. The lowest BCUT2D eigenvalue weighted by Crippen LogP contribution is -2.00. The van der Waals surface area contributed by atoms with Gasteiger partial charge < -0.3 is 5.73 Å². The van der Waals surface area contributed by atoms with E-state index in [9.17, 15) is 4.39 Å². The SMILES string of the molecule is Nc1ccc(-c2nnnn2-c2ccc(F)c(Br)c2)cc1Cl. The van der Waals surface area contributed by atoms with Crippen molar-refractivity contribution in [2.75, 3.05) is 5.73 Å². The number of hydrogen-bond acceptors (Lipinski definition) is 4. The van der Waals surface area contributed by atoms with Gasteiger partial charge in [0.2, 0.25) is 0 Å². The summed E-state index contributed by atoms with van der Waals surface area (Å²) < 4.78 is 15.1. The molecule has 0 bridgehead atoms. The molecule has 0 aliphatic carbocycles. The van der Waals surface area contributed by atoms with E-state index in [1.807, 2.05) is 0 Å². The van der Waals surface area contributed by atoms with E-state index in [4.69, 9.17) is 17.3 Å². The predicted octanol–water partition coefficient (Wildman–Crippen LogP) is 3.47. The van der Waals surface area contributed by atoms with Crippen LogP contribution in [0, 0.1) is 5.82 Å². The first-order chi connectivity index (χ1) is 10.1. The number of hydrogen-bond donors (Lipinski definition) is 1. The van der Waals surface area contributed by atoms with Gasteiger partial charge in [-0.25, -0.2) is 4.39 Å². The summed E-state index contributed by atoms with van der Waals surface area (Å²) in [6, 6.07) is 9.63. The second kappa shape index (κ2) is 5.42. The van der Waals surface area contributed by atoms with Gasteiger partial charge in [0, 0.05) is 5.56 Å². The Bertz CT molecular complexity index is 754. The molecule has 3 rings (SSSR count). The third kappa shape index (κ3) is 2.62. The van der Waals surface area contributed by atoms with Crippen molar-refractivity contribution in [2.45, 2.75) is 0 Å². The summed E-state index contributed by atoms with van der Waals surface area (Å²) in [6.07, 6.45) is 0. The number of nitrogens with zero attached hydrogens (tertiary/aromatic N) is 4. The zero-order valence-corrected chi connectivity index (χ0v) is 12.8. The summed E-state index contributed by atoms with van der Waals surface area (Å²) >= 11 is 9.15. The summed E-state index contributed by atoms with van der Waals surface area (Å²) in [7, 11) is 0. The van der Waals surface area contributed by atoms with Gasteiger partial charge in [-0.2, -0.15) is 4.68 Å². The van der Waals surface area contributed by atoms with Crippen LogP contribution in [0.2, 0.25) is 5.02 Å². The van der Waals surface area contributed by atoms with Gasteiger partial charge in [-0.3, -0.25) is 0 Å². The van der Waals surface area contributed by atoms with Crippen LogP contribution in [-0.4, -0.2) is 20.2 Å². The van der Waals surface area contributed by atoms with Gasteiger partial charge in [0.05, 0.1) is 20.9 Å². The molecule has 2 N–H and O–H groups in total. The highest BCUT2D eigenvalue weighted by molar-refractivity contribution is 9.10. The molecule has 0 unspecified atom stereocenters. The minimum atomic E-state index is -0.357. The summed E-state index contributed by atoms with van der Waals surface area (Å²) in [5.41, 5.74) is 7.49. The molecule has 106 valence electrons. The van der Waals surface area contributed by atoms with E-state index in [0.717, 1.165) is 0 Å². The highest BCUT2D eigenvalue weighted by Gasteiger charge is 2.13. The molecule has 0 saturated carbocycles. The maximum Gasteiger partial charge on any atom is 0.187 e. The molecule has 0 aliphatic rings. The first-order valence-electron chi connectivity index (χ1n) is 5.85. The summed E-state index contributed by atoms with van der Waals surface area (Å²) in [6.45, 7) is 0. The van der Waals surface area contributed by atoms with Crippen molar-refractivity contribution >= 4 is 33.2 Å². The van der Waals surface area contributed by atoms with Crippen molar-refractivity contribution in [3.05, 3.63) is 51.7 Å². The molecule has 5 nitrogen and oxygen atoms in total. The molecule has 2 aromatic carbocycles. The quantitative estimate of drug-likeness (QED) is 0.703. The van der Waals surface area contributed by atoms with Crippen molar-refractivity contribution in [2.24, 2.45) is 0 Å². The van der Waals surface area contributed by atoms with Crippen LogP contribution >= 0.6 is 27.5 Å². The number of nitrogen functional groups attached to an aromatic ring is 1. The number of nitrogens with two attached hydrogens (primary N) is 1. The molecule has 3 aromatic rings. The predicted molar refractivity (Wildman–Crippen MR) is 81.7 cm³/mol. The van der Waals surface area contributed by atoms with Gasteiger partial charge in [-0.15, -0.1) is 5.10 Å². The van der Waals surface area contributed by atoms with Crippen LogP contribution in [0.1, 0.15) is 0 Å². The van der Waals surface area contributed by atoms with Crippen LogP contribution in [0.25, 0.3) is 17.1 Å². The van der Waals surface area contributed by atoms with E-state index < -0.39 is 0 Å². The van der Waals surface area contributed by atoms with Gasteiger partial charge in [0.15, 0.2) is 5.82 Å². The van der Waals surface area contributed by atoms with Crippen molar-refractivity contribution in [3.63, 3.8) is 0 Å². The summed E-state index contributed by atoms with van der Waals surface area (Å²) in [4.78, 5) is 0. The summed E-state index contributed by atoms with van der Waals surface area (Å²) in [5.74, 6) is 0.124. The van der Waals surface area contributed by atoms with Crippen LogP contribution in [0.3, 0.4) is 0 Å². The fourth-order valence-corrected chi connectivity index (χ4v) is 2.37. The second-order valence-electron chi connectivity index (χ2n) is 4.25. The molecule has 0 aliphatic heterocycles. The third-order valence-corrected chi connectivity index (χ3v) is 3.81. The Morgan fingerprint density at radius 1 is 1.19 bits per heavy atom. The van der Waals surface area contributed by atoms with Gasteiger partial charge in [0.1, 0.15) is 5.82 Å². The first kappa shape index (κ1) is 14.0. The fourth-order valence-electron chi connectivity index (χ4n) is 1.82. The van der Waals surface area contributed by atoms with E-state index >= 15 is 0 Å². The van der Waals surface area contributed by atoms with Crippen molar-refractivity contribution in [1.29, 1.82) is 0 Å². The molecular formula is C13H8BrClFN5. The molecule has 0 spiro atoms. The monoisotopic (exact) mass is 367 g/mol. The van der Waals surface area contributed by atoms with Crippen molar-refractivity contribution in [3.8, 4) is 17.1 Å². The molecule has 0 atom stereocenters. The van der Waals surface area contributed by atoms with Crippen LogP contribution in [0.5, 0.6) is 0 Å². The first-order valence-corrected chi connectivity index (χ1v) is 7.02. The highest BCUT2D eigenvalue weighted by atomic mass is 79.9. The Hall–Kier alpha value is -1.99. The van der Waals surface area contributed by atoms with E-state index in [1.54, 1.807) is 30.3 Å². The number of tetrazole rings is 1. The lowest BCUT2D eigenvalue weighted by Gasteiger charge is -2.06. The zero-order valence-electron chi connectivity index (χ0n) is 10.5. The zero-order chi connectivity index (χ0) is 15.0. The Labute approximate surface area is 132 Å². The molecule has 1 heterocycles. The average molecular weight is 369 g/mol. The minimum absolute atomic E-state index is 0.330. The van der Waals surface area contributed by atoms with Gasteiger partial charge >= 0.3 is 0 Å². The Kier molecular flexibility index (Phi) is 3.60. The Morgan fingerprint density at radius 3 is 2.71 bits per heavy atom. The van der Waals surface area contributed by atoms with Crippen LogP contribution in [0.4, 0.5) is 10.1 Å². The molecule has 0 fully saturated rings. The molecular weight excluding hydrogens is 361 g/mol. The van der Waals surface area contributed by atoms with E-state index in [1.165, 1.54) is 10.7 Å². The van der Waals surface area contributed by atoms with Crippen LogP contribution in [-0.2, 0) is 0 Å². The smallest absolute Gasteiger partial charge is 0.187 e. The molecule has 0 saturated heterocycles. The average Bonchev–Trinajstić information content (AvgIpc) is 2.94. The topological polar surface area (TPSA) is 69.6 Å². The van der Waals surface area contributed by atoms with Crippen LogP contribution in [0.15, 0.2) is 40.9 Å². The number of aromatic nitrogens is 4. The standard InChI is InChI=1S/C13H8BrClFN5/c14-9-6-8(2-3-11(9)16)21-13(18-19-20-21)7-1-4-12(17)10(15)5-7/h1-6H,17H2. The minimum Gasteiger partial charge on any atom is -0.398 e. The van der Waals surface area contributed by atoms with Crippen molar-refractivity contribution in [1.82, 2.24) is 20.2 Å². The maximum absolute atomic E-state index is 13.3.